The molecular weight excluding hydrogens is 159 g/mol. The molecule has 1 saturated heterocycles. The van der Waals surface area contributed by atoms with E-state index in [1.54, 1.807) is 6.92 Å². The first kappa shape index (κ1) is 9.89. The van der Waals surface area contributed by atoms with Crippen LogP contribution in [0.1, 0.15) is 19.8 Å². The Labute approximate surface area is 72.6 Å². The van der Waals surface area contributed by atoms with Gasteiger partial charge >= 0.3 is 0 Å². The highest BCUT2D eigenvalue weighted by Crippen LogP contribution is 2.24. The second-order valence-electron chi connectivity index (χ2n) is 3.63. The van der Waals surface area contributed by atoms with Gasteiger partial charge in [-0.15, -0.1) is 0 Å². The number of alkyl halides is 1. The predicted molar refractivity (Wildman–Crippen MR) is 45.3 cm³/mol. The van der Waals surface area contributed by atoms with Crippen LogP contribution in [0.15, 0.2) is 0 Å². The number of nitrogens with zero attached hydrogens (tertiary/aromatic N) is 1. The summed E-state index contributed by atoms with van der Waals surface area (Å²) in [6.07, 6.45) is 1.25. The van der Waals surface area contributed by atoms with Crippen molar-refractivity contribution in [2.24, 2.45) is 5.90 Å². The highest BCUT2D eigenvalue weighted by atomic mass is 19.1. The van der Waals surface area contributed by atoms with E-state index in [-0.39, 0.29) is 0 Å². The highest BCUT2D eigenvalue weighted by Gasteiger charge is 2.28. The van der Waals surface area contributed by atoms with E-state index in [1.165, 1.54) is 0 Å². The summed E-state index contributed by atoms with van der Waals surface area (Å²) in [5, 5.41) is 0. The Morgan fingerprint density at radius 3 is 2.58 bits per heavy atom. The van der Waals surface area contributed by atoms with Gasteiger partial charge in [0.05, 0.1) is 6.61 Å². The molecule has 0 spiro atoms. The van der Waals surface area contributed by atoms with Gasteiger partial charge in [0.2, 0.25) is 0 Å². The lowest BCUT2D eigenvalue weighted by atomic mass is 9.96. The average molecular weight is 176 g/mol. The lowest BCUT2D eigenvalue weighted by Gasteiger charge is -2.33. The second-order valence-corrected chi connectivity index (χ2v) is 3.63. The third-order valence-corrected chi connectivity index (χ3v) is 2.42. The zero-order valence-electron chi connectivity index (χ0n) is 7.55. The third kappa shape index (κ3) is 3.05. The normalized spacial score (nSPS) is 24.2. The van der Waals surface area contributed by atoms with Crippen molar-refractivity contribution < 1.29 is 9.23 Å². The van der Waals surface area contributed by atoms with E-state index in [0.29, 0.717) is 19.4 Å². The van der Waals surface area contributed by atoms with Crippen molar-refractivity contribution in [3.05, 3.63) is 0 Å². The van der Waals surface area contributed by atoms with Crippen molar-refractivity contribution in [3.63, 3.8) is 0 Å². The maximum absolute atomic E-state index is 13.3. The maximum Gasteiger partial charge on any atom is 0.110 e. The monoisotopic (exact) mass is 176 g/mol. The molecule has 4 heteroatoms. The van der Waals surface area contributed by atoms with Gasteiger partial charge in [-0.1, -0.05) is 0 Å². The van der Waals surface area contributed by atoms with Crippen LogP contribution in [0.2, 0.25) is 0 Å². The van der Waals surface area contributed by atoms with Crippen LogP contribution in [-0.4, -0.2) is 36.8 Å². The Hall–Kier alpha value is -0.190. The molecule has 0 aromatic heterocycles. The van der Waals surface area contributed by atoms with Crippen LogP contribution in [-0.2, 0) is 4.84 Å². The van der Waals surface area contributed by atoms with Gasteiger partial charge in [0.25, 0.3) is 0 Å². The predicted octanol–water partition coefficient (Wildman–Crippen LogP) is 0.701. The van der Waals surface area contributed by atoms with Crippen LogP contribution in [0, 0.1) is 0 Å². The van der Waals surface area contributed by atoms with E-state index in [0.717, 1.165) is 19.6 Å². The van der Waals surface area contributed by atoms with Crippen LogP contribution in [0.3, 0.4) is 0 Å². The largest absolute Gasteiger partial charge is 0.303 e. The molecule has 0 saturated carbocycles. The molecule has 1 fully saturated rings. The standard InChI is InChI=1S/C8H17FN2O/c1-8(9)2-4-11(5-3-8)6-7-12-10/h2-7,10H2,1H3. The average Bonchev–Trinajstić information content (AvgIpc) is 2.03. The number of halogens is 1. The summed E-state index contributed by atoms with van der Waals surface area (Å²) in [4.78, 5) is 6.64. The summed E-state index contributed by atoms with van der Waals surface area (Å²) in [7, 11) is 0. The van der Waals surface area contributed by atoms with Crippen LogP contribution < -0.4 is 5.90 Å². The molecule has 12 heavy (non-hydrogen) atoms. The quantitative estimate of drug-likeness (QED) is 0.643. The smallest absolute Gasteiger partial charge is 0.110 e. The van der Waals surface area contributed by atoms with Crippen molar-refractivity contribution >= 4 is 0 Å². The van der Waals surface area contributed by atoms with Crippen LogP contribution in [0.4, 0.5) is 4.39 Å². The molecule has 1 heterocycles. The summed E-state index contributed by atoms with van der Waals surface area (Å²) < 4.78 is 13.3. The van der Waals surface area contributed by atoms with Crippen molar-refractivity contribution in [3.8, 4) is 0 Å². The lowest BCUT2D eigenvalue weighted by molar-refractivity contribution is 0.0485. The molecule has 0 aliphatic carbocycles. The van der Waals surface area contributed by atoms with Gasteiger partial charge in [-0.05, 0) is 19.8 Å². The van der Waals surface area contributed by atoms with Gasteiger partial charge < -0.3 is 9.74 Å². The van der Waals surface area contributed by atoms with Gasteiger partial charge in [0.15, 0.2) is 0 Å². The molecule has 0 radical (unpaired) electrons. The molecule has 2 N–H and O–H groups in total. The van der Waals surface area contributed by atoms with Crippen molar-refractivity contribution in [2.75, 3.05) is 26.2 Å². The van der Waals surface area contributed by atoms with E-state index in [1.807, 2.05) is 0 Å². The minimum absolute atomic E-state index is 0.531. The van der Waals surface area contributed by atoms with Gasteiger partial charge in [-0.2, -0.15) is 0 Å². The molecular formula is C8H17FN2O. The molecule has 72 valence electrons. The van der Waals surface area contributed by atoms with Gasteiger partial charge in [-0.25, -0.2) is 10.3 Å². The fourth-order valence-electron chi connectivity index (χ4n) is 1.42. The van der Waals surface area contributed by atoms with Crippen molar-refractivity contribution in [1.29, 1.82) is 0 Å². The Bertz CT molecular complexity index is 131. The highest BCUT2D eigenvalue weighted by molar-refractivity contribution is 4.81. The first-order valence-corrected chi connectivity index (χ1v) is 4.37. The minimum atomic E-state index is -0.958. The molecule has 3 nitrogen and oxygen atoms in total. The SMILES string of the molecule is CC1(F)CCN(CCON)CC1. The molecule has 0 aromatic carbocycles. The maximum atomic E-state index is 13.3. The fraction of sp³-hybridized carbons (Fsp3) is 1.00. The summed E-state index contributed by atoms with van der Waals surface area (Å²) >= 11 is 0. The van der Waals surface area contributed by atoms with Crippen LogP contribution in [0.5, 0.6) is 0 Å². The van der Waals surface area contributed by atoms with E-state index in [2.05, 4.69) is 9.74 Å². The molecule has 0 bridgehead atoms. The Kier molecular flexibility index (Phi) is 3.43. The third-order valence-electron chi connectivity index (χ3n) is 2.42. The fourth-order valence-corrected chi connectivity index (χ4v) is 1.42. The number of rotatable bonds is 3. The molecule has 0 atom stereocenters. The van der Waals surface area contributed by atoms with Crippen molar-refractivity contribution in [2.45, 2.75) is 25.4 Å². The summed E-state index contributed by atoms with van der Waals surface area (Å²) in [5.41, 5.74) is -0.958. The van der Waals surface area contributed by atoms with E-state index in [4.69, 9.17) is 5.90 Å². The van der Waals surface area contributed by atoms with E-state index in [9.17, 15) is 4.39 Å². The zero-order valence-corrected chi connectivity index (χ0v) is 7.55. The summed E-state index contributed by atoms with van der Waals surface area (Å²) in [6.45, 7) is 4.64. The van der Waals surface area contributed by atoms with E-state index >= 15 is 0 Å². The number of piperidine rings is 1. The number of hydrogen-bond acceptors (Lipinski definition) is 3. The first-order chi connectivity index (χ1) is 5.64. The Morgan fingerprint density at radius 2 is 2.08 bits per heavy atom. The molecule has 0 amide bonds. The number of likely N-dealkylation sites (tertiary alicyclic amines) is 1. The zero-order chi connectivity index (χ0) is 9.03. The Morgan fingerprint density at radius 1 is 1.50 bits per heavy atom. The molecule has 1 aliphatic heterocycles. The summed E-state index contributed by atoms with van der Waals surface area (Å²) in [6, 6.07) is 0. The van der Waals surface area contributed by atoms with Crippen molar-refractivity contribution in [1.82, 2.24) is 4.90 Å². The molecule has 1 aliphatic rings. The summed E-state index contributed by atoms with van der Waals surface area (Å²) in [5.74, 6) is 4.90. The minimum Gasteiger partial charge on any atom is -0.303 e. The van der Waals surface area contributed by atoms with E-state index < -0.39 is 5.67 Å². The van der Waals surface area contributed by atoms with Gasteiger partial charge in [-0.3, -0.25) is 0 Å². The first-order valence-electron chi connectivity index (χ1n) is 4.37. The molecule has 0 unspecified atom stereocenters. The second kappa shape index (κ2) is 4.16. The van der Waals surface area contributed by atoms with Gasteiger partial charge in [0.1, 0.15) is 5.67 Å². The Balaban J connectivity index is 2.18. The molecule has 1 rings (SSSR count). The van der Waals surface area contributed by atoms with Crippen LogP contribution >= 0.6 is 0 Å². The number of hydrogen-bond donors (Lipinski definition) is 1. The topological polar surface area (TPSA) is 38.5 Å². The van der Waals surface area contributed by atoms with Crippen LogP contribution in [0.25, 0.3) is 0 Å². The van der Waals surface area contributed by atoms with Gasteiger partial charge in [0, 0.05) is 19.6 Å². The molecule has 0 aromatic rings. The number of nitrogens with two attached hydrogens (primary N) is 1. The lowest BCUT2D eigenvalue weighted by Crippen LogP contribution is -2.41.